The van der Waals surface area contributed by atoms with Crippen LogP contribution in [0.4, 0.5) is 5.69 Å². The van der Waals surface area contributed by atoms with Gasteiger partial charge in [-0.1, -0.05) is 49.4 Å². The van der Waals surface area contributed by atoms with Gasteiger partial charge in [-0.15, -0.1) is 11.8 Å². The highest BCUT2D eigenvalue weighted by molar-refractivity contribution is 7.98. The number of thioether (sulfide) groups is 1. The molecule has 226 valence electrons. The van der Waals surface area contributed by atoms with Crippen molar-refractivity contribution in [2.24, 2.45) is 0 Å². The van der Waals surface area contributed by atoms with Crippen LogP contribution < -0.4 is 14.4 Å². The van der Waals surface area contributed by atoms with Crippen molar-refractivity contribution >= 4 is 39.3 Å². The second kappa shape index (κ2) is 15.7. The Morgan fingerprint density at radius 1 is 0.929 bits per heavy atom. The van der Waals surface area contributed by atoms with E-state index in [-0.39, 0.29) is 29.1 Å². The van der Waals surface area contributed by atoms with E-state index in [0.717, 1.165) is 21.2 Å². The van der Waals surface area contributed by atoms with E-state index in [2.05, 4.69) is 5.32 Å². The number of hydrogen-bond acceptors (Lipinski definition) is 6. The molecule has 3 rings (SSSR count). The molecule has 3 aromatic carbocycles. The number of nitrogens with one attached hydrogen (secondary N) is 1. The predicted octanol–water partition coefficient (Wildman–Crippen LogP) is 5.38. The molecular formula is C32H41N3O5S2. The average molecular weight is 612 g/mol. The molecule has 0 aliphatic heterocycles. The van der Waals surface area contributed by atoms with Crippen LogP contribution in [0, 0.1) is 0 Å². The van der Waals surface area contributed by atoms with Crippen molar-refractivity contribution < 1.29 is 22.7 Å². The lowest BCUT2D eigenvalue weighted by molar-refractivity contribution is -0.139. The number of anilines is 1. The SMILES string of the molecule is CCOc1ccccc1N(CC(=O)N(CCc1ccccc1)[C@@H](C)C(=O)N[C@@H](C)CC)S(=O)(=O)c1ccc(SC)cc1. The largest absolute Gasteiger partial charge is 0.492 e. The van der Waals surface area contributed by atoms with E-state index >= 15 is 0 Å². The van der Waals surface area contributed by atoms with E-state index < -0.39 is 28.5 Å². The van der Waals surface area contributed by atoms with Gasteiger partial charge in [-0.25, -0.2) is 8.42 Å². The fourth-order valence-electron chi connectivity index (χ4n) is 4.36. The van der Waals surface area contributed by atoms with Crippen molar-refractivity contribution in [1.29, 1.82) is 0 Å². The maximum atomic E-state index is 14.1. The summed E-state index contributed by atoms with van der Waals surface area (Å²) in [6, 6.07) is 22.1. The topological polar surface area (TPSA) is 96.0 Å². The van der Waals surface area contributed by atoms with Crippen molar-refractivity contribution in [2.75, 3.05) is 30.3 Å². The first kappa shape index (κ1) is 33.0. The van der Waals surface area contributed by atoms with Crippen molar-refractivity contribution in [3.8, 4) is 5.75 Å². The minimum absolute atomic E-state index is 0.0535. The van der Waals surface area contributed by atoms with Gasteiger partial charge in [-0.05, 0) is 81.8 Å². The van der Waals surface area contributed by atoms with Crippen molar-refractivity contribution in [3.05, 3.63) is 84.4 Å². The summed E-state index contributed by atoms with van der Waals surface area (Å²) in [4.78, 5) is 29.7. The number of carbonyl (C=O) groups excluding carboxylic acids is 2. The summed E-state index contributed by atoms with van der Waals surface area (Å²) < 4.78 is 35.1. The van der Waals surface area contributed by atoms with Gasteiger partial charge in [-0.3, -0.25) is 13.9 Å². The number of carbonyl (C=O) groups is 2. The Morgan fingerprint density at radius 3 is 2.19 bits per heavy atom. The third-order valence-electron chi connectivity index (χ3n) is 7.01. The van der Waals surface area contributed by atoms with Gasteiger partial charge in [0.1, 0.15) is 18.3 Å². The Balaban J connectivity index is 2.03. The van der Waals surface area contributed by atoms with Crippen LogP contribution in [0.2, 0.25) is 0 Å². The Morgan fingerprint density at radius 2 is 1.57 bits per heavy atom. The van der Waals surface area contributed by atoms with Crippen molar-refractivity contribution in [3.63, 3.8) is 0 Å². The van der Waals surface area contributed by atoms with Gasteiger partial charge in [-0.2, -0.15) is 0 Å². The lowest BCUT2D eigenvalue weighted by Crippen LogP contribution is -2.53. The molecule has 0 saturated heterocycles. The predicted molar refractivity (Wildman–Crippen MR) is 170 cm³/mol. The summed E-state index contributed by atoms with van der Waals surface area (Å²) in [5.74, 6) is -0.439. The van der Waals surface area contributed by atoms with Crippen LogP contribution in [-0.4, -0.2) is 63.2 Å². The van der Waals surface area contributed by atoms with E-state index in [9.17, 15) is 18.0 Å². The van der Waals surface area contributed by atoms with Crippen molar-refractivity contribution in [2.45, 2.75) is 62.4 Å². The summed E-state index contributed by atoms with van der Waals surface area (Å²) in [5, 5.41) is 2.95. The van der Waals surface area contributed by atoms with Crippen molar-refractivity contribution in [1.82, 2.24) is 10.2 Å². The zero-order valence-corrected chi connectivity index (χ0v) is 26.6. The Labute approximate surface area is 254 Å². The van der Waals surface area contributed by atoms with E-state index in [1.54, 1.807) is 43.3 Å². The molecule has 0 unspecified atom stereocenters. The maximum Gasteiger partial charge on any atom is 0.264 e. The summed E-state index contributed by atoms with van der Waals surface area (Å²) >= 11 is 1.50. The molecule has 42 heavy (non-hydrogen) atoms. The number of sulfonamides is 1. The van der Waals surface area contributed by atoms with Crippen LogP contribution in [0.1, 0.15) is 39.7 Å². The number of nitrogens with zero attached hydrogens (tertiary/aromatic N) is 2. The highest BCUT2D eigenvalue weighted by atomic mass is 32.2. The summed E-state index contributed by atoms with van der Waals surface area (Å²) in [6.45, 7) is 7.41. The minimum atomic E-state index is -4.19. The molecule has 0 aromatic heterocycles. The first-order valence-electron chi connectivity index (χ1n) is 14.1. The Hall–Kier alpha value is -3.50. The first-order chi connectivity index (χ1) is 20.1. The minimum Gasteiger partial charge on any atom is -0.492 e. The molecule has 0 bridgehead atoms. The number of amides is 2. The molecule has 0 heterocycles. The third-order valence-corrected chi connectivity index (χ3v) is 9.53. The fourth-order valence-corrected chi connectivity index (χ4v) is 6.20. The van der Waals surface area contributed by atoms with Gasteiger partial charge < -0.3 is 15.0 Å². The zero-order valence-electron chi connectivity index (χ0n) is 24.9. The second-order valence-electron chi connectivity index (χ2n) is 9.90. The fraction of sp³-hybridized carbons (Fsp3) is 0.375. The molecule has 0 aliphatic carbocycles. The number of ether oxygens (including phenoxy) is 1. The van der Waals surface area contributed by atoms with Gasteiger partial charge in [0.15, 0.2) is 0 Å². The molecular weight excluding hydrogens is 571 g/mol. The maximum absolute atomic E-state index is 14.1. The summed E-state index contributed by atoms with van der Waals surface area (Å²) in [6.07, 6.45) is 3.16. The van der Waals surface area contributed by atoms with Gasteiger partial charge in [0, 0.05) is 17.5 Å². The highest BCUT2D eigenvalue weighted by Gasteiger charge is 2.33. The zero-order chi connectivity index (χ0) is 30.7. The molecule has 1 N–H and O–H groups in total. The quantitative estimate of drug-likeness (QED) is 0.232. The standard InChI is InChI=1S/C32H41N3O5S2/c1-6-24(3)33-32(37)25(4)34(22-21-26-13-9-8-10-14-26)31(36)23-35(29-15-11-12-16-30(29)40-7-2)42(38,39)28-19-17-27(41-5)18-20-28/h8-20,24-25H,6-7,21-23H2,1-5H3,(H,33,37)/t24-,25-/m0/s1. The highest BCUT2D eigenvalue weighted by Crippen LogP contribution is 2.33. The molecule has 0 fully saturated rings. The molecule has 8 nitrogen and oxygen atoms in total. The summed E-state index contributed by atoms with van der Waals surface area (Å²) in [7, 11) is -4.19. The molecule has 0 aliphatic rings. The van der Waals surface area contributed by atoms with Crippen LogP contribution in [0.15, 0.2) is 88.7 Å². The monoisotopic (exact) mass is 611 g/mol. The molecule has 0 spiro atoms. The summed E-state index contributed by atoms with van der Waals surface area (Å²) in [5.41, 5.74) is 1.26. The van der Waals surface area contributed by atoms with Crippen LogP contribution in [-0.2, 0) is 26.0 Å². The van der Waals surface area contributed by atoms with E-state index in [0.29, 0.717) is 18.8 Å². The van der Waals surface area contributed by atoms with Crippen LogP contribution in [0.3, 0.4) is 0 Å². The molecule has 2 atom stereocenters. The lowest BCUT2D eigenvalue weighted by atomic mass is 10.1. The smallest absolute Gasteiger partial charge is 0.264 e. The molecule has 2 amide bonds. The van der Waals surface area contributed by atoms with Crippen LogP contribution >= 0.6 is 11.8 Å². The molecule has 10 heteroatoms. The number of para-hydroxylation sites is 2. The third kappa shape index (κ3) is 8.51. The number of hydrogen-bond donors (Lipinski definition) is 1. The first-order valence-corrected chi connectivity index (χ1v) is 16.8. The average Bonchev–Trinajstić information content (AvgIpc) is 3.00. The lowest BCUT2D eigenvalue weighted by Gasteiger charge is -2.33. The normalized spacial score (nSPS) is 12.7. The second-order valence-corrected chi connectivity index (χ2v) is 12.6. The van der Waals surface area contributed by atoms with Crippen LogP contribution in [0.5, 0.6) is 5.75 Å². The molecule has 3 aromatic rings. The van der Waals surface area contributed by atoms with Gasteiger partial charge >= 0.3 is 0 Å². The van der Waals surface area contributed by atoms with Crippen LogP contribution in [0.25, 0.3) is 0 Å². The molecule has 0 radical (unpaired) electrons. The Bertz CT molecular complexity index is 1420. The Kier molecular flexibility index (Phi) is 12.3. The number of rotatable bonds is 15. The van der Waals surface area contributed by atoms with E-state index in [4.69, 9.17) is 4.74 Å². The van der Waals surface area contributed by atoms with E-state index in [1.165, 1.54) is 28.8 Å². The van der Waals surface area contributed by atoms with E-state index in [1.807, 2.05) is 57.4 Å². The van der Waals surface area contributed by atoms with Gasteiger partial charge in [0.2, 0.25) is 11.8 Å². The molecule has 0 saturated carbocycles. The van der Waals surface area contributed by atoms with Gasteiger partial charge in [0.05, 0.1) is 17.2 Å². The van der Waals surface area contributed by atoms with Gasteiger partial charge in [0.25, 0.3) is 10.0 Å². The number of benzene rings is 3.